The zero-order chi connectivity index (χ0) is 14.5. The Kier molecular flexibility index (Phi) is 5.70. The molecule has 2 fully saturated rings. The summed E-state index contributed by atoms with van der Waals surface area (Å²) in [6.45, 7) is 11.0. The monoisotopic (exact) mass is 280 g/mol. The average molecular weight is 280 g/mol. The Morgan fingerprint density at radius 2 is 2.15 bits per heavy atom. The summed E-state index contributed by atoms with van der Waals surface area (Å²) in [5.41, 5.74) is 0. The zero-order valence-electron chi connectivity index (χ0n) is 13.7. The van der Waals surface area contributed by atoms with Crippen LogP contribution in [-0.4, -0.2) is 61.1 Å². The normalized spacial score (nSPS) is 25.9. The fourth-order valence-electron chi connectivity index (χ4n) is 3.00. The number of nitrogens with one attached hydrogen (secondary N) is 1. The first-order valence-corrected chi connectivity index (χ1v) is 8.37. The van der Waals surface area contributed by atoms with E-state index in [0.717, 1.165) is 44.1 Å². The van der Waals surface area contributed by atoms with Gasteiger partial charge < -0.3 is 10.2 Å². The molecule has 2 unspecified atom stereocenters. The second-order valence-electron chi connectivity index (χ2n) is 6.63. The van der Waals surface area contributed by atoms with Crippen LogP contribution >= 0.6 is 0 Å². The Morgan fingerprint density at radius 1 is 1.40 bits per heavy atom. The number of rotatable bonds is 5. The summed E-state index contributed by atoms with van der Waals surface area (Å²) in [4.78, 5) is 9.83. The molecule has 0 aromatic carbocycles. The van der Waals surface area contributed by atoms with E-state index in [4.69, 9.17) is 4.99 Å². The highest BCUT2D eigenvalue weighted by molar-refractivity contribution is 5.80. The quantitative estimate of drug-likeness (QED) is 0.618. The number of piperidine rings is 1. The van der Waals surface area contributed by atoms with Crippen LogP contribution in [0, 0.1) is 5.92 Å². The molecule has 1 heterocycles. The molecule has 1 aliphatic carbocycles. The molecule has 1 aliphatic heterocycles. The van der Waals surface area contributed by atoms with Crippen LogP contribution < -0.4 is 5.32 Å². The standard InChI is InChI=1S/C16H32N4/c1-5-17-16(20-10-6-7-13(2)12-20)18-11-14(3)19(4)15-8-9-15/h13-15H,5-12H2,1-4H3,(H,17,18). The molecular formula is C16H32N4. The second-order valence-corrected chi connectivity index (χ2v) is 6.63. The summed E-state index contributed by atoms with van der Waals surface area (Å²) in [5, 5.41) is 3.47. The summed E-state index contributed by atoms with van der Waals surface area (Å²) >= 11 is 0. The summed E-state index contributed by atoms with van der Waals surface area (Å²) in [6.07, 6.45) is 5.39. The van der Waals surface area contributed by atoms with Crippen LogP contribution in [0.3, 0.4) is 0 Å². The topological polar surface area (TPSA) is 30.9 Å². The third kappa shape index (κ3) is 4.37. The number of guanidine groups is 1. The van der Waals surface area contributed by atoms with E-state index in [1.165, 1.54) is 25.7 Å². The lowest BCUT2D eigenvalue weighted by molar-refractivity contribution is 0.247. The molecule has 2 aliphatic rings. The number of likely N-dealkylation sites (N-methyl/N-ethyl adjacent to an activating group) is 1. The number of hydrogen-bond donors (Lipinski definition) is 1. The van der Waals surface area contributed by atoms with Gasteiger partial charge in [-0.05, 0) is 52.5 Å². The Bertz CT molecular complexity index is 324. The highest BCUT2D eigenvalue weighted by atomic mass is 15.3. The van der Waals surface area contributed by atoms with Crippen molar-refractivity contribution >= 4 is 5.96 Å². The Balaban J connectivity index is 1.90. The van der Waals surface area contributed by atoms with E-state index in [1.807, 2.05) is 0 Å². The molecule has 0 aromatic heterocycles. The van der Waals surface area contributed by atoms with Crippen LogP contribution in [0.25, 0.3) is 0 Å². The minimum Gasteiger partial charge on any atom is -0.357 e. The molecule has 0 aromatic rings. The van der Waals surface area contributed by atoms with Crippen LogP contribution in [0.2, 0.25) is 0 Å². The van der Waals surface area contributed by atoms with Crippen molar-refractivity contribution in [2.24, 2.45) is 10.9 Å². The van der Waals surface area contributed by atoms with Crippen molar-refractivity contribution in [1.29, 1.82) is 0 Å². The first-order chi connectivity index (χ1) is 9.61. The number of nitrogens with zero attached hydrogens (tertiary/aromatic N) is 3. The first-order valence-electron chi connectivity index (χ1n) is 8.37. The lowest BCUT2D eigenvalue weighted by atomic mass is 10.0. The van der Waals surface area contributed by atoms with Gasteiger partial charge in [0, 0.05) is 31.7 Å². The van der Waals surface area contributed by atoms with Gasteiger partial charge in [-0.15, -0.1) is 0 Å². The van der Waals surface area contributed by atoms with Gasteiger partial charge in [-0.25, -0.2) is 0 Å². The predicted octanol–water partition coefficient (Wildman–Crippen LogP) is 2.17. The fraction of sp³-hybridized carbons (Fsp3) is 0.938. The molecule has 2 atom stereocenters. The molecule has 1 saturated carbocycles. The molecule has 0 spiro atoms. The average Bonchev–Trinajstić information content (AvgIpc) is 3.26. The van der Waals surface area contributed by atoms with Gasteiger partial charge in [-0.3, -0.25) is 9.89 Å². The summed E-state index contributed by atoms with van der Waals surface area (Å²) < 4.78 is 0. The van der Waals surface area contributed by atoms with Gasteiger partial charge in [0.15, 0.2) is 5.96 Å². The Labute approximate surface area is 124 Å². The lowest BCUT2D eigenvalue weighted by Gasteiger charge is -2.34. The van der Waals surface area contributed by atoms with Crippen LogP contribution in [0.4, 0.5) is 0 Å². The van der Waals surface area contributed by atoms with E-state index in [9.17, 15) is 0 Å². The van der Waals surface area contributed by atoms with Crippen molar-refractivity contribution in [2.75, 3.05) is 33.2 Å². The van der Waals surface area contributed by atoms with Gasteiger partial charge in [-0.2, -0.15) is 0 Å². The number of aliphatic imine (C=N–C) groups is 1. The van der Waals surface area contributed by atoms with Gasteiger partial charge in [0.25, 0.3) is 0 Å². The number of likely N-dealkylation sites (tertiary alicyclic amines) is 1. The molecule has 1 N–H and O–H groups in total. The molecule has 4 nitrogen and oxygen atoms in total. The van der Waals surface area contributed by atoms with Crippen molar-refractivity contribution in [1.82, 2.24) is 15.1 Å². The molecule has 0 bridgehead atoms. The maximum Gasteiger partial charge on any atom is 0.193 e. The van der Waals surface area contributed by atoms with Gasteiger partial charge in [0.1, 0.15) is 0 Å². The molecule has 116 valence electrons. The predicted molar refractivity (Wildman–Crippen MR) is 86.2 cm³/mol. The molecule has 0 amide bonds. The Hall–Kier alpha value is -0.770. The van der Waals surface area contributed by atoms with Crippen molar-refractivity contribution in [3.8, 4) is 0 Å². The van der Waals surface area contributed by atoms with E-state index >= 15 is 0 Å². The van der Waals surface area contributed by atoms with Crippen LogP contribution in [-0.2, 0) is 0 Å². The van der Waals surface area contributed by atoms with E-state index in [2.05, 4.69) is 42.9 Å². The van der Waals surface area contributed by atoms with E-state index in [-0.39, 0.29) is 0 Å². The fourth-order valence-corrected chi connectivity index (χ4v) is 3.00. The highest BCUT2D eigenvalue weighted by Crippen LogP contribution is 2.27. The molecular weight excluding hydrogens is 248 g/mol. The Morgan fingerprint density at radius 3 is 2.75 bits per heavy atom. The van der Waals surface area contributed by atoms with Crippen molar-refractivity contribution < 1.29 is 0 Å². The second kappa shape index (κ2) is 7.30. The smallest absolute Gasteiger partial charge is 0.193 e. The van der Waals surface area contributed by atoms with Gasteiger partial charge in [0.05, 0.1) is 6.54 Å². The summed E-state index contributed by atoms with van der Waals surface area (Å²) in [5.74, 6) is 1.91. The highest BCUT2D eigenvalue weighted by Gasteiger charge is 2.29. The molecule has 2 rings (SSSR count). The van der Waals surface area contributed by atoms with E-state index in [1.54, 1.807) is 0 Å². The van der Waals surface area contributed by atoms with Gasteiger partial charge in [0.2, 0.25) is 0 Å². The van der Waals surface area contributed by atoms with Crippen LogP contribution in [0.5, 0.6) is 0 Å². The van der Waals surface area contributed by atoms with E-state index in [0.29, 0.717) is 6.04 Å². The van der Waals surface area contributed by atoms with Gasteiger partial charge >= 0.3 is 0 Å². The molecule has 0 radical (unpaired) electrons. The zero-order valence-corrected chi connectivity index (χ0v) is 13.7. The minimum atomic E-state index is 0.540. The third-order valence-corrected chi connectivity index (χ3v) is 4.61. The van der Waals surface area contributed by atoms with E-state index < -0.39 is 0 Å². The molecule has 1 saturated heterocycles. The first kappa shape index (κ1) is 15.6. The van der Waals surface area contributed by atoms with Crippen LogP contribution in [0.15, 0.2) is 4.99 Å². The lowest BCUT2D eigenvalue weighted by Crippen LogP contribution is -2.46. The van der Waals surface area contributed by atoms with Crippen LogP contribution in [0.1, 0.15) is 46.5 Å². The third-order valence-electron chi connectivity index (χ3n) is 4.61. The van der Waals surface area contributed by atoms with Crippen molar-refractivity contribution in [2.45, 2.75) is 58.5 Å². The van der Waals surface area contributed by atoms with Crippen molar-refractivity contribution in [3.05, 3.63) is 0 Å². The van der Waals surface area contributed by atoms with Gasteiger partial charge in [-0.1, -0.05) is 6.92 Å². The maximum absolute atomic E-state index is 4.89. The minimum absolute atomic E-state index is 0.540. The molecule has 20 heavy (non-hydrogen) atoms. The maximum atomic E-state index is 4.89. The molecule has 4 heteroatoms. The summed E-state index contributed by atoms with van der Waals surface area (Å²) in [7, 11) is 2.24. The SMILES string of the molecule is CCNC(=NCC(C)N(C)C1CC1)N1CCCC(C)C1. The largest absolute Gasteiger partial charge is 0.357 e. The summed E-state index contributed by atoms with van der Waals surface area (Å²) in [6, 6.07) is 1.36. The number of hydrogen-bond acceptors (Lipinski definition) is 2. The van der Waals surface area contributed by atoms with Crippen molar-refractivity contribution in [3.63, 3.8) is 0 Å².